The van der Waals surface area contributed by atoms with Crippen LogP contribution < -0.4 is 11.1 Å². The fourth-order valence-corrected chi connectivity index (χ4v) is 1.08. The topological polar surface area (TPSA) is 75.3 Å². The summed E-state index contributed by atoms with van der Waals surface area (Å²) in [4.78, 5) is 10.6. The summed E-state index contributed by atoms with van der Waals surface area (Å²) in [7, 11) is 0. The summed E-state index contributed by atoms with van der Waals surface area (Å²) in [5.41, 5.74) is 6.89. The van der Waals surface area contributed by atoms with Gasteiger partial charge < -0.3 is 16.2 Å². The van der Waals surface area contributed by atoms with Crippen molar-refractivity contribution in [3.63, 3.8) is 0 Å². The number of benzene rings is 1. The third-order valence-corrected chi connectivity index (χ3v) is 1.87. The Morgan fingerprint density at radius 3 is 2.57 bits per heavy atom. The number of hydrogen-bond donors (Lipinski definition) is 3. The van der Waals surface area contributed by atoms with E-state index >= 15 is 0 Å². The zero-order chi connectivity index (χ0) is 10.6. The summed E-state index contributed by atoms with van der Waals surface area (Å²) in [6, 6.07) is 6.91. The Hall–Kier alpha value is -1.55. The van der Waals surface area contributed by atoms with E-state index in [4.69, 9.17) is 5.73 Å². The van der Waals surface area contributed by atoms with Crippen LogP contribution in [0.15, 0.2) is 24.3 Å². The number of rotatable bonds is 3. The summed E-state index contributed by atoms with van der Waals surface area (Å²) >= 11 is 0. The first-order chi connectivity index (χ1) is 6.59. The first-order valence-electron chi connectivity index (χ1n) is 4.37. The molecule has 0 aromatic heterocycles. The summed E-state index contributed by atoms with van der Waals surface area (Å²) in [6.07, 6.45) is -0.681. The highest BCUT2D eigenvalue weighted by Crippen LogP contribution is 2.13. The Kier molecular flexibility index (Phi) is 3.48. The van der Waals surface area contributed by atoms with Gasteiger partial charge in [0.1, 0.15) is 0 Å². The summed E-state index contributed by atoms with van der Waals surface area (Å²) in [5, 5.41) is 12.1. The fourth-order valence-electron chi connectivity index (χ4n) is 1.08. The van der Waals surface area contributed by atoms with E-state index in [1.165, 1.54) is 6.92 Å². The van der Waals surface area contributed by atoms with Crippen LogP contribution in [0.1, 0.15) is 18.6 Å². The number of carbonyl (C=O) groups is 1. The van der Waals surface area contributed by atoms with E-state index in [9.17, 15) is 9.90 Å². The normalized spacial score (nSPS) is 12.1. The number of aliphatic hydroxyl groups excluding tert-OH is 1. The van der Waals surface area contributed by atoms with Crippen LogP contribution in [-0.4, -0.2) is 17.6 Å². The minimum absolute atomic E-state index is 0.153. The van der Waals surface area contributed by atoms with Crippen molar-refractivity contribution in [2.75, 3.05) is 12.3 Å². The molecule has 1 atom stereocenters. The average molecular weight is 194 g/mol. The fraction of sp³-hybridized carbons (Fsp3) is 0.300. The molecule has 1 amide bonds. The van der Waals surface area contributed by atoms with Crippen LogP contribution in [0.2, 0.25) is 0 Å². The molecule has 4 nitrogen and oxygen atoms in total. The second-order valence-electron chi connectivity index (χ2n) is 3.12. The van der Waals surface area contributed by atoms with Crippen LogP contribution in [0.4, 0.5) is 5.69 Å². The van der Waals surface area contributed by atoms with E-state index in [0.717, 1.165) is 5.56 Å². The van der Waals surface area contributed by atoms with E-state index in [0.29, 0.717) is 5.69 Å². The maximum Gasteiger partial charge on any atom is 0.216 e. The highest BCUT2D eigenvalue weighted by Gasteiger charge is 2.06. The number of nitrogens with two attached hydrogens (primary N) is 1. The predicted octanol–water partition coefficient (Wildman–Crippen LogP) is 0.438. The largest absolute Gasteiger partial charge is 0.399 e. The lowest BCUT2D eigenvalue weighted by molar-refractivity contribution is -0.119. The molecule has 0 fully saturated rings. The number of amides is 1. The zero-order valence-electron chi connectivity index (χ0n) is 8.03. The number of nitrogens with one attached hydrogen (secondary N) is 1. The molecule has 4 heteroatoms. The molecule has 1 aromatic rings. The maximum absolute atomic E-state index is 10.6. The molecule has 1 rings (SSSR count). The molecule has 0 aliphatic carbocycles. The Bertz CT molecular complexity index is 308. The molecule has 0 saturated carbocycles. The van der Waals surface area contributed by atoms with Crippen molar-refractivity contribution in [2.24, 2.45) is 0 Å². The summed E-state index contributed by atoms with van der Waals surface area (Å²) < 4.78 is 0. The van der Waals surface area contributed by atoms with Crippen LogP contribution in [0.3, 0.4) is 0 Å². The number of carbonyl (C=O) groups excluding carboxylic acids is 1. The smallest absolute Gasteiger partial charge is 0.216 e. The molecule has 4 N–H and O–H groups in total. The van der Waals surface area contributed by atoms with Gasteiger partial charge in [0, 0.05) is 19.2 Å². The molecular weight excluding hydrogens is 180 g/mol. The molecule has 1 unspecified atom stereocenters. The van der Waals surface area contributed by atoms with E-state index in [1.54, 1.807) is 24.3 Å². The Labute approximate surface area is 82.7 Å². The van der Waals surface area contributed by atoms with Gasteiger partial charge in [0.25, 0.3) is 0 Å². The molecule has 0 radical (unpaired) electrons. The number of aliphatic hydroxyl groups is 1. The van der Waals surface area contributed by atoms with Crippen molar-refractivity contribution in [1.29, 1.82) is 0 Å². The lowest BCUT2D eigenvalue weighted by atomic mass is 10.1. The quantitative estimate of drug-likeness (QED) is 0.611. The Morgan fingerprint density at radius 2 is 2.07 bits per heavy atom. The van der Waals surface area contributed by atoms with Crippen molar-refractivity contribution in [3.05, 3.63) is 29.8 Å². The molecule has 0 aliphatic rings. The molecule has 0 saturated heterocycles. The molecule has 14 heavy (non-hydrogen) atoms. The van der Waals surface area contributed by atoms with Crippen molar-refractivity contribution in [2.45, 2.75) is 13.0 Å². The molecule has 76 valence electrons. The van der Waals surface area contributed by atoms with Crippen molar-refractivity contribution in [3.8, 4) is 0 Å². The maximum atomic E-state index is 10.6. The van der Waals surface area contributed by atoms with Gasteiger partial charge in [0.15, 0.2) is 0 Å². The van der Waals surface area contributed by atoms with Crippen LogP contribution in [0, 0.1) is 0 Å². The van der Waals surface area contributed by atoms with Crippen LogP contribution in [-0.2, 0) is 4.79 Å². The molecular formula is C10H14N2O2. The lowest BCUT2D eigenvalue weighted by Crippen LogP contribution is -2.25. The van der Waals surface area contributed by atoms with Gasteiger partial charge in [-0.2, -0.15) is 0 Å². The first-order valence-corrected chi connectivity index (χ1v) is 4.37. The molecule has 0 bridgehead atoms. The van der Waals surface area contributed by atoms with Crippen molar-refractivity contribution < 1.29 is 9.90 Å². The minimum Gasteiger partial charge on any atom is -0.399 e. The zero-order valence-corrected chi connectivity index (χ0v) is 8.03. The summed E-state index contributed by atoms with van der Waals surface area (Å²) in [5.74, 6) is -0.153. The van der Waals surface area contributed by atoms with Crippen LogP contribution in [0.5, 0.6) is 0 Å². The molecule has 0 spiro atoms. The summed E-state index contributed by atoms with van der Waals surface area (Å²) in [6.45, 7) is 1.63. The van der Waals surface area contributed by atoms with Gasteiger partial charge in [-0.25, -0.2) is 0 Å². The predicted molar refractivity (Wildman–Crippen MR) is 54.5 cm³/mol. The van der Waals surface area contributed by atoms with E-state index in [-0.39, 0.29) is 12.5 Å². The van der Waals surface area contributed by atoms with Gasteiger partial charge in [-0.15, -0.1) is 0 Å². The highest BCUT2D eigenvalue weighted by molar-refractivity contribution is 5.72. The number of hydrogen-bond acceptors (Lipinski definition) is 3. The Balaban J connectivity index is 2.56. The monoisotopic (exact) mass is 194 g/mol. The molecule has 0 aliphatic heterocycles. The van der Waals surface area contributed by atoms with Crippen LogP contribution in [0.25, 0.3) is 0 Å². The van der Waals surface area contributed by atoms with Crippen molar-refractivity contribution >= 4 is 11.6 Å². The molecule has 0 heterocycles. The minimum atomic E-state index is -0.681. The number of anilines is 1. The van der Waals surface area contributed by atoms with E-state index < -0.39 is 6.10 Å². The third kappa shape index (κ3) is 3.06. The van der Waals surface area contributed by atoms with Crippen LogP contribution >= 0.6 is 0 Å². The standard InChI is InChI=1S/C10H14N2O2/c1-7(13)12-6-10(14)8-2-4-9(11)5-3-8/h2-5,10,14H,6,11H2,1H3,(H,12,13). The van der Waals surface area contributed by atoms with Crippen molar-refractivity contribution in [1.82, 2.24) is 5.32 Å². The average Bonchev–Trinajstić information content (AvgIpc) is 2.15. The van der Waals surface area contributed by atoms with E-state index in [2.05, 4.69) is 5.32 Å². The van der Waals surface area contributed by atoms with Gasteiger partial charge in [-0.1, -0.05) is 12.1 Å². The van der Waals surface area contributed by atoms with Gasteiger partial charge in [-0.05, 0) is 17.7 Å². The second kappa shape index (κ2) is 4.62. The SMILES string of the molecule is CC(=O)NCC(O)c1ccc(N)cc1. The van der Waals surface area contributed by atoms with Gasteiger partial charge in [0.05, 0.1) is 6.10 Å². The highest BCUT2D eigenvalue weighted by atomic mass is 16.3. The first kappa shape index (κ1) is 10.5. The second-order valence-corrected chi connectivity index (χ2v) is 3.12. The number of nitrogen functional groups attached to an aromatic ring is 1. The lowest BCUT2D eigenvalue weighted by Gasteiger charge is -2.11. The van der Waals surface area contributed by atoms with Gasteiger partial charge in [0.2, 0.25) is 5.91 Å². The van der Waals surface area contributed by atoms with Gasteiger partial charge >= 0.3 is 0 Å². The third-order valence-electron chi connectivity index (χ3n) is 1.87. The molecule has 1 aromatic carbocycles. The van der Waals surface area contributed by atoms with E-state index in [1.807, 2.05) is 0 Å². The van der Waals surface area contributed by atoms with Gasteiger partial charge in [-0.3, -0.25) is 4.79 Å². The Morgan fingerprint density at radius 1 is 1.50 bits per heavy atom.